The van der Waals surface area contributed by atoms with Crippen molar-refractivity contribution in [2.24, 2.45) is 0 Å². The van der Waals surface area contributed by atoms with Crippen LogP contribution in [0.3, 0.4) is 0 Å². The van der Waals surface area contributed by atoms with Crippen molar-refractivity contribution in [2.75, 3.05) is 18.4 Å². The molecule has 1 saturated heterocycles. The highest BCUT2D eigenvalue weighted by atomic mass is 19.1. The maximum absolute atomic E-state index is 15.0. The molecule has 42 heavy (non-hydrogen) atoms. The molecule has 4 heterocycles. The number of imidazole rings is 1. The molecule has 6 rings (SSSR count). The van der Waals surface area contributed by atoms with E-state index in [2.05, 4.69) is 24.8 Å². The molecule has 0 bridgehead atoms. The summed E-state index contributed by atoms with van der Waals surface area (Å²) in [6.07, 6.45) is 9.22. The van der Waals surface area contributed by atoms with Crippen LogP contribution in [0.4, 0.5) is 21.0 Å². The van der Waals surface area contributed by atoms with Crippen LogP contribution in [0.15, 0.2) is 42.7 Å². The summed E-state index contributed by atoms with van der Waals surface area (Å²) in [7, 11) is 0. The van der Waals surface area contributed by atoms with Gasteiger partial charge in [0.1, 0.15) is 22.9 Å². The number of anilines is 2. The molecule has 0 unspecified atom stereocenters. The fourth-order valence-electron chi connectivity index (χ4n) is 6.17. The van der Waals surface area contributed by atoms with E-state index in [0.717, 1.165) is 48.1 Å². The van der Waals surface area contributed by atoms with Gasteiger partial charge >= 0.3 is 6.09 Å². The molecular formula is C32H38FN7O2. The summed E-state index contributed by atoms with van der Waals surface area (Å²) < 4.78 is 22.8. The van der Waals surface area contributed by atoms with Crippen LogP contribution in [0.1, 0.15) is 82.6 Å². The first kappa shape index (κ1) is 28.1. The van der Waals surface area contributed by atoms with Crippen LogP contribution in [0.25, 0.3) is 22.3 Å². The number of aryl methyl sites for hydroxylation is 1. The van der Waals surface area contributed by atoms with Gasteiger partial charge in [-0.2, -0.15) is 0 Å². The smallest absolute Gasteiger partial charge is 0.410 e. The number of halogens is 1. The molecule has 0 atom stereocenters. The Morgan fingerprint density at radius 3 is 2.45 bits per heavy atom. The Morgan fingerprint density at radius 2 is 1.76 bits per heavy atom. The number of likely N-dealkylation sites (tertiary alicyclic amines) is 1. The van der Waals surface area contributed by atoms with Gasteiger partial charge in [-0.25, -0.2) is 29.1 Å². The Hall–Kier alpha value is -4.08. The molecule has 10 heteroatoms. The molecule has 1 aromatic carbocycles. The lowest BCUT2D eigenvalue weighted by atomic mass is 9.90. The van der Waals surface area contributed by atoms with Crippen LogP contribution < -0.4 is 5.32 Å². The number of ether oxygens (including phenoxy) is 1. The van der Waals surface area contributed by atoms with Crippen molar-refractivity contribution in [1.29, 1.82) is 0 Å². The zero-order valence-corrected chi connectivity index (χ0v) is 24.7. The molecule has 1 saturated carbocycles. The minimum atomic E-state index is -0.499. The van der Waals surface area contributed by atoms with Gasteiger partial charge in [0.25, 0.3) is 0 Å². The summed E-state index contributed by atoms with van der Waals surface area (Å²) in [5, 5.41) is 3.13. The van der Waals surface area contributed by atoms with Crippen LogP contribution >= 0.6 is 0 Å². The quantitative estimate of drug-likeness (QED) is 0.268. The second kappa shape index (κ2) is 11.3. The van der Waals surface area contributed by atoms with Crippen molar-refractivity contribution < 1.29 is 13.9 Å². The van der Waals surface area contributed by atoms with Gasteiger partial charge in [0.15, 0.2) is 5.82 Å². The van der Waals surface area contributed by atoms with E-state index in [1.54, 1.807) is 4.90 Å². The minimum absolute atomic E-state index is 0.236. The molecule has 0 radical (unpaired) electrons. The van der Waals surface area contributed by atoms with E-state index in [-0.39, 0.29) is 17.7 Å². The van der Waals surface area contributed by atoms with E-state index in [1.165, 1.54) is 19.0 Å². The van der Waals surface area contributed by atoms with Crippen LogP contribution in [0.2, 0.25) is 0 Å². The van der Waals surface area contributed by atoms with E-state index in [4.69, 9.17) is 9.72 Å². The number of piperidine rings is 1. The van der Waals surface area contributed by atoms with Gasteiger partial charge in [-0.3, -0.25) is 0 Å². The third-order valence-corrected chi connectivity index (χ3v) is 8.22. The average Bonchev–Trinajstić information content (AvgIpc) is 3.60. The largest absolute Gasteiger partial charge is 0.444 e. The number of nitrogens with zero attached hydrogens (tertiary/aromatic N) is 6. The molecule has 2 aliphatic rings. The Bertz CT molecular complexity index is 1580. The van der Waals surface area contributed by atoms with Crippen molar-refractivity contribution in [3.05, 3.63) is 59.9 Å². The van der Waals surface area contributed by atoms with Crippen molar-refractivity contribution >= 4 is 28.9 Å². The Balaban J connectivity index is 1.15. The van der Waals surface area contributed by atoms with Gasteiger partial charge in [-0.1, -0.05) is 25.0 Å². The predicted molar refractivity (Wildman–Crippen MR) is 160 cm³/mol. The first-order valence-electron chi connectivity index (χ1n) is 14.9. The first-order chi connectivity index (χ1) is 20.1. The van der Waals surface area contributed by atoms with Crippen molar-refractivity contribution in [3.63, 3.8) is 0 Å². The molecular weight excluding hydrogens is 533 g/mol. The lowest BCUT2D eigenvalue weighted by Gasteiger charge is -2.33. The van der Waals surface area contributed by atoms with Gasteiger partial charge in [-0.15, -0.1) is 0 Å². The lowest BCUT2D eigenvalue weighted by Crippen LogP contribution is -2.41. The molecule has 1 amide bonds. The Morgan fingerprint density at radius 1 is 1.00 bits per heavy atom. The monoisotopic (exact) mass is 571 g/mol. The van der Waals surface area contributed by atoms with Gasteiger partial charge < -0.3 is 19.5 Å². The highest BCUT2D eigenvalue weighted by Crippen LogP contribution is 2.35. The number of benzene rings is 1. The Labute approximate surface area is 245 Å². The van der Waals surface area contributed by atoms with Gasteiger partial charge in [0.05, 0.1) is 17.2 Å². The minimum Gasteiger partial charge on any atom is -0.444 e. The summed E-state index contributed by atoms with van der Waals surface area (Å²) >= 11 is 0. The molecule has 2 fully saturated rings. The molecule has 0 spiro atoms. The second-order valence-electron chi connectivity index (χ2n) is 12.4. The van der Waals surface area contributed by atoms with Crippen LogP contribution in [0.5, 0.6) is 0 Å². The number of carbonyl (C=O) groups excluding carboxylic acids is 1. The molecule has 1 aliphatic heterocycles. The first-order valence-corrected chi connectivity index (χ1v) is 14.9. The molecule has 4 aromatic rings. The van der Waals surface area contributed by atoms with Gasteiger partial charge in [0.2, 0.25) is 5.95 Å². The fourth-order valence-corrected chi connectivity index (χ4v) is 6.17. The van der Waals surface area contributed by atoms with Crippen molar-refractivity contribution in [1.82, 2.24) is 29.4 Å². The summed E-state index contributed by atoms with van der Waals surface area (Å²) in [6.45, 7) is 8.98. The number of amides is 1. The van der Waals surface area contributed by atoms with Crippen LogP contribution in [0, 0.1) is 12.7 Å². The molecule has 1 N–H and O–H groups in total. The van der Waals surface area contributed by atoms with E-state index < -0.39 is 11.4 Å². The predicted octanol–water partition coefficient (Wildman–Crippen LogP) is 7.31. The van der Waals surface area contributed by atoms with Gasteiger partial charge in [-0.05, 0) is 83.1 Å². The normalized spacial score (nSPS) is 16.7. The standard InChI is InChI=1S/C32H38FN7O2/c1-20-36-26-11-9-22(17-27(26)40(20)24-7-5-6-8-24)29-25(33)19-35-30(38-29)37-28-12-10-23(18-34-28)21-13-15-39(16-14-21)31(41)42-32(2,3)4/h9-12,17-19,21,24H,5-8,13-16H2,1-4H3,(H,34,35,37,38). The SMILES string of the molecule is Cc1nc2ccc(-c3nc(Nc4ccc(C5CCN(C(=O)OC(C)(C)C)CC5)cn4)ncc3F)cc2n1C1CCCC1. The van der Waals surface area contributed by atoms with Gasteiger partial charge in [0, 0.05) is 30.9 Å². The summed E-state index contributed by atoms with van der Waals surface area (Å²) in [4.78, 5) is 32.2. The maximum atomic E-state index is 15.0. The second-order valence-corrected chi connectivity index (χ2v) is 12.4. The third-order valence-electron chi connectivity index (χ3n) is 8.22. The summed E-state index contributed by atoms with van der Waals surface area (Å²) in [5.41, 5.74) is 3.47. The summed E-state index contributed by atoms with van der Waals surface area (Å²) in [5.74, 6) is 1.67. The highest BCUT2D eigenvalue weighted by molar-refractivity contribution is 5.82. The zero-order valence-electron chi connectivity index (χ0n) is 24.7. The van der Waals surface area contributed by atoms with Crippen molar-refractivity contribution in [3.8, 4) is 11.3 Å². The molecule has 3 aromatic heterocycles. The number of nitrogens with one attached hydrogen (secondary N) is 1. The fraction of sp³-hybridized carbons (Fsp3) is 0.469. The number of carbonyl (C=O) groups is 1. The van der Waals surface area contributed by atoms with E-state index in [0.29, 0.717) is 36.4 Å². The molecule has 220 valence electrons. The number of pyridine rings is 1. The average molecular weight is 572 g/mol. The van der Waals surface area contributed by atoms with Crippen molar-refractivity contribution in [2.45, 2.75) is 83.8 Å². The van der Waals surface area contributed by atoms with Crippen LogP contribution in [-0.2, 0) is 4.74 Å². The van der Waals surface area contributed by atoms with Crippen LogP contribution in [-0.4, -0.2) is 54.2 Å². The topological polar surface area (TPSA) is 98.1 Å². The maximum Gasteiger partial charge on any atom is 0.410 e. The summed E-state index contributed by atoms with van der Waals surface area (Å²) in [6, 6.07) is 10.2. The van der Waals surface area contributed by atoms with E-state index in [1.807, 2.05) is 64.2 Å². The Kier molecular flexibility index (Phi) is 7.55. The highest BCUT2D eigenvalue weighted by Gasteiger charge is 2.28. The molecule has 1 aliphatic carbocycles. The number of fused-ring (bicyclic) bond motifs is 1. The number of rotatable bonds is 5. The number of aromatic nitrogens is 5. The zero-order chi connectivity index (χ0) is 29.4. The molecule has 9 nitrogen and oxygen atoms in total. The number of hydrogen-bond donors (Lipinski definition) is 1. The van der Waals surface area contributed by atoms with E-state index in [9.17, 15) is 9.18 Å². The van der Waals surface area contributed by atoms with E-state index >= 15 is 0 Å². The third kappa shape index (κ3) is 5.93. The number of hydrogen-bond acceptors (Lipinski definition) is 7. The lowest BCUT2D eigenvalue weighted by molar-refractivity contribution is 0.0205.